The van der Waals surface area contributed by atoms with Crippen molar-refractivity contribution in [2.24, 2.45) is 0 Å². The number of carbonyl (C=O) groups is 1. The monoisotopic (exact) mass is 274 g/mol. The molecule has 1 amide bonds. The maximum Gasteiger partial charge on any atom is 0.241 e. The first-order chi connectivity index (χ1) is 9.75. The predicted molar refractivity (Wildman–Crippen MR) is 75.3 cm³/mol. The number of piperidine rings is 1. The van der Waals surface area contributed by atoms with Gasteiger partial charge in [0.25, 0.3) is 0 Å². The van der Waals surface area contributed by atoms with Crippen LogP contribution in [0.25, 0.3) is 11.0 Å². The molecule has 0 atom stereocenters. The molecular formula is C13H18N6O. The first kappa shape index (κ1) is 12.8. The van der Waals surface area contributed by atoms with Gasteiger partial charge in [-0.05, 0) is 26.2 Å². The minimum absolute atomic E-state index is 0.115. The van der Waals surface area contributed by atoms with Gasteiger partial charge in [0.15, 0.2) is 11.3 Å². The van der Waals surface area contributed by atoms with E-state index in [4.69, 9.17) is 0 Å². The van der Waals surface area contributed by atoms with Crippen LogP contribution in [-0.4, -0.2) is 50.6 Å². The minimum atomic E-state index is 0.115. The van der Waals surface area contributed by atoms with Crippen molar-refractivity contribution in [2.45, 2.75) is 26.2 Å². The Kier molecular flexibility index (Phi) is 3.49. The molecule has 2 N–H and O–H groups in total. The van der Waals surface area contributed by atoms with Crippen molar-refractivity contribution in [3.63, 3.8) is 0 Å². The van der Waals surface area contributed by atoms with Gasteiger partial charge in [-0.15, -0.1) is 0 Å². The van der Waals surface area contributed by atoms with E-state index in [2.05, 4.69) is 25.5 Å². The number of aromatic amines is 1. The topological polar surface area (TPSA) is 86.8 Å². The van der Waals surface area contributed by atoms with Gasteiger partial charge < -0.3 is 10.2 Å². The smallest absolute Gasteiger partial charge is 0.241 e. The van der Waals surface area contributed by atoms with Crippen molar-refractivity contribution in [2.75, 3.05) is 25.0 Å². The fraction of sp³-hybridized carbons (Fsp3) is 0.538. The first-order valence-corrected chi connectivity index (χ1v) is 6.93. The Morgan fingerprint density at radius 1 is 1.30 bits per heavy atom. The van der Waals surface area contributed by atoms with Crippen LogP contribution in [0.5, 0.6) is 0 Å². The summed E-state index contributed by atoms with van der Waals surface area (Å²) in [6, 6.07) is 0. The van der Waals surface area contributed by atoms with Crippen LogP contribution in [-0.2, 0) is 4.79 Å². The maximum absolute atomic E-state index is 12.1. The summed E-state index contributed by atoms with van der Waals surface area (Å²) in [7, 11) is 0. The van der Waals surface area contributed by atoms with Crippen LogP contribution in [0.15, 0.2) is 6.33 Å². The zero-order valence-corrected chi connectivity index (χ0v) is 11.5. The van der Waals surface area contributed by atoms with E-state index in [1.165, 1.54) is 12.7 Å². The van der Waals surface area contributed by atoms with Gasteiger partial charge in [0.05, 0.1) is 12.2 Å². The molecule has 0 spiro atoms. The number of anilines is 1. The summed E-state index contributed by atoms with van der Waals surface area (Å²) in [6.07, 6.45) is 4.90. The van der Waals surface area contributed by atoms with Crippen molar-refractivity contribution in [3.05, 3.63) is 12.0 Å². The van der Waals surface area contributed by atoms with E-state index in [0.29, 0.717) is 11.3 Å². The van der Waals surface area contributed by atoms with E-state index in [0.717, 1.165) is 37.1 Å². The third kappa shape index (κ3) is 2.43. The molecule has 0 aliphatic carbocycles. The number of likely N-dealkylation sites (tertiary alicyclic amines) is 1. The molecule has 3 heterocycles. The number of amides is 1. The predicted octanol–water partition coefficient (Wildman–Crippen LogP) is 1.09. The summed E-state index contributed by atoms with van der Waals surface area (Å²) >= 11 is 0. The van der Waals surface area contributed by atoms with Crippen molar-refractivity contribution < 1.29 is 4.79 Å². The Bertz CT molecular complexity index is 616. The molecule has 1 aliphatic heterocycles. The van der Waals surface area contributed by atoms with Crippen molar-refractivity contribution in [1.82, 2.24) is 25.1 Å². The number of nitrogens with one attached hydrogen (secondary N) is 2. The Labute approximate surface area is 116 Å². The lowest BCUT2D eigenvalue weighted by Gasteiger charge is -2.26. The standard InChI is InChI=1S/C13H18N6O/c1-9-11-12(18-17-9)13(16-8-15-11)14-7-10(20)19-5-3-2-4-6-19/h8H,2-7H2,1H3,(H,17,18)(H,14,15,16). The molecule has 1 aliphatic rings. The second-order valence-corrected chi connectivity index (χ2v) is 5.06. The largest absolute Gasteiger partial charge is 0.359 e. The van der Waals surface area contributed by atoms with Gasteiger partial charge in [0.2, 0.25) is 5.91 Å². The molecule has 20 heavy (non-hydrogen) atoms. The average Bonchev–Trinajstić information content (AvgIpc) is 2.88. The normalized spacial score (nSPS) is 15.6. The molecule has 1 fully saturated rings. The van der Waals surface area contributed by atoms with Gasteiger partial charge in [-0.25, -0.2) is 9.97 Å². The molecule has 0 aromatic carbocycles. The van der Waals surface area contributed by atoms with E-state index in [-0.39, 0.29) is 12.5 Å². The fourth-order valence-corrected chi connectivity index (χ4v) is 2.50. The third-order valence-electron chi connectivity index (χ3n) is 3.63. The van der Waals surface area contributed by atoms with Gasteiger partial charge in [-0.2, -0.15) is 5.10 Å². The number of rotatable bonds is 3. The summed E-state index contributed by atoms with van der Waals surface area (Å²) < 4.78 is 0. The second kappa shape index (κ2) is 5.44. The lowest BCUT2D eigenvalue weighted by molar-refractivity contribution is -0.130. The number of aromatic nitrogens is 4. The van der Waals surface area contributed by atoms with E-state index in [1.807, 2.05) is 11.8 Å². The third-order valence-corrected chi connectivity index (χ3v) is 3.63. The zero-order chi connectivity index (χ0) is 13.9. The van der Waals surface area contributed by atoms with Gasteiger partial charge in [0.1, 0.15) is 11.8 Å². The summed E-state index contributed by atoms with van der Waals surface area (Å²) in [5.41, 5.74) is 2.36. The summed E-state index contributed by atoms with van der Waals surface area (Å²) in [4.78, 5) is 22.4. The van der Waals surface area contributed by atoms with E-state index in [1.54, 1.807) is 0 Å². The summed E-state index contributed by atoms with van der Waals surface area (Å²) in [5.74, 6) is 0.716. The van der Waals surface area contributed by atoms with Gasteiger partial charge in [-0.3, -0.25) is 9.89 Å². The van der Waals surface area contributed by atoms with Crippen LogP contribution in [0.2, 0.25) is 0 Å². The van der Waals surface area contributed by atoms with Gasteiger partial charge >= 0.3 is 0 Å². The molecule has 7 nitrogen and oxygen atoms in total. The number of aryl methyl sites for hydroxylation is 1. The molecular weight excluding hydrogens is 256 g/mol. The van der Waals surface area contributed by atoms with Crippen LogP contribution >= 0.6 is 0 Å². The van der Waals surface area contributed by atoms with Crippen molar-refractivity contribution in [3.8, 4) is 0 Å². The highest BCUT2D eigenvalue weighted by molar-refractivity contribution is 5.88. The first-order valence-electron chi connectivity index (χ1n) is 6.93. The van der Waals surface area contributed by atoms with Crippen LogP contribution < -0.4 is 5.32 Å². The zero-order valence-electron chi connectivity index (χ0n) is 11.5. The van der Waals surface area contributed by atoms with E-state index in [9.17, 15) is 4.79 Å². The average molecular weight is 274 g/mol. The molecule has 1 saturated heterocycles. The number of hydrogen-bond donors (Lipinski definition) is 2. The Morgan fingerprint density at radius 2 is 2.10 bits per heavy atom. The molecule has 7 heteroatoms. The molecule has 106 valence electrons. The SMILES string of the molecule is Cc1[nH]nc2c(NCC(=O)N3CCCCC3)ncnc12. The highest BCUT2D eigenvalue weighted by Gasteiger charge is 2.17. The lowest BCUT2D eigenvalue weighted by atomic mass is 10.1. The molecule has 0 unspecified atom stereocenters. The molecule has 0 bridgehead atoms. The quantitative estimate of drug-likeness (QED) is 0.874. The second-order valence-electron chi connectivity index (χ2n) is 5.06. The molecule has 2 aromatic heterocycles. The van der Waals surface area contributed by atoms with Crippen LogP contribution in [0.3, 0.4) is 0 Å². The summed E-state index contributed by atoms with van der Waals surface area (Å²) in [5, 5.41) is 10.1. The highest BCUT2D eigenvalue weighted by Crippen LogP contribution is 2.18. The Hall–Kier alpha value is -2.18. The molecule has 0 radical (unpaired) electrons. The Balaban J connectivity index is 1.69. The number of carbonyl (C=O) groups excluding carboxylic acids is 1. The maximum atomic E-state index is 12.1. The molecule has 2 aromatic rings. The number of H-pyrrole nitrogens is 1. The van der Waals surface area contributed by atoms with Gasteiger partial charge in [-0.1, -0.05) is 0 Å². The van der Waals surface area contributed by atoms with Crippen LogP contribution in [0, 0.1) is 6.92 Å². The Morgan fingerprint density at radius 3 is 2.90 bits per heavy atom. The summed E-state index contributed by atoms with van der Waals surface area (Å²) in [6.45, 7) is 3.88. The van der Waals surface area contributed by atoms with Crippen LogP contribution in [0.1, 0.15) is 25.0 Å². The van der Waals surface area contributed by atoms with Crippen molar-refractivity contribution >= 4 is 22.8 Å². The number of nitrogens with zero attached hydrogens (tertiary/aromatic N) is 4. The van der Waals surface area contributed by atoms with Crippen molar-refractivity contribution in [1.29, 1.82) is 0 Å². The molecule has 3 rings (SSSR count). The number of hydrogen-bond acceptors (Lipinski definition) is 5. The molecule has 0 saturated carbocycles. The lowest BCUT2D eigenvalue weighted by Crippen LogP contribution is -2.39. The van der Waals surface area contributed by atoms with Gasteiger partial charge in [0, 0.05) is 13.1 Å². The van der Waals surface area contributed by atoms with E-state index >= 15 is 0 Å². The fourth-order valence-electron chi connectivity index (χ4n) is 2.50. The minimum Gasteiger partial charge on any atom is -0.359 e. The van der Waals surface area contributed by atoms with Crippen LogP contribution in [0.4, 0.5) is 5.82 Å². The highest BCUT2D eigenvalue weighted by atomic mass is 16.2. The number of fused-ring (bicyclic) bond motifs is 1. The van der Waals surface area contributed by atoms with E-state index < -0.39 is 0 Å².